The van der Waals surface area contributed by atoms with E-state index in [4.69, 9.17) is 9.47 Å². The van der Waals surface area contributed by atoms with E-state index in [1.807, 2.05) is 18.2 Å². The summed E-state index contributed by atoms with van der Waals surface area (Å²) in [5.41, 5.74) is 1.91. The van der Waals surface area contributed by atoms with Crippen LogP contribution >= 0.6 is 0 Å². The highest BCUT2D eigenvalue weighted by molar-refractivity contribution is 5.93. The Hall–Kier alpha value is -2.76. The van der Waals surface area contributed by atoms with Gasteiger partial charge in [0.25, 0.3) is 5.91 Å². The fraction of sp³-hybridized carbons (Fsp3) is 0.294. The number of ether oxygens (including phenoxy) is 2. The summed E-state index contributed by atoms with van der Waals surface area (Å²) in [6.07, 6.45) is 3.70. The molecule has 6 nitrogen and oxygen atoms in total. The Morgan fingerprint density at radius 3 is 2.70 bits per heavy atom. The van der Waals surface area contributed by atoms with Crippen LogP contribution in [0.15, 0.2) is 36.5 Å². The number of carbonyl (C=O) groups is 1. The molecule has 0 spiro atoms. The van der Waals surface area contributed by atoms with E-state index in [0.29, 0.717) is 23.2 Å². The molecule has 2 N–H and O–H groups in total. The predicted molar refractivity (Wildman–Crippen MR) is 87.6 cm³/mol. The van der Waals surface area contributed by atoms with Crippen molar-refractivity contribution >= 4 is 17.3 Å². The fourth-order valence-electron chi connectivity index (χ4n) is 2.19. The summed E-state index contributed by atoms with van der Waals surface area (Å²) in [7, 11) is 3.21. The zero-order chi connectivity index (χ0) is 16.2. The third-order valence-corrected chi connectivity index (χ3v) is 3.59. The van der Waals surface area contributed by atoms with E-state index in [1.165, 1.54) is 0 Å². The number of aromatic nitrogens is 1. The lowest BCUT2D eigenvalue weighted by Gasteiger charge is -2.13. The van der Waals surface area contributed by atoms with E-state index in [1.54, 1.807) is 32.5 Å². The molecule has 0 unspecified atom stereocenters. The molecule has 0 bridgehead atoms. The van der Waals surface area contributed by atoms with Crippen LogP contribution in [0.2, 0.25) is 0 Å². The Morgan fingerprint density at radius 1 is 1.17 bits per heavy atom. The fourth-order valence-corrected chi connectivity index (χ4v) is 2.19. The first-order valence-corrected chi connectivity index (χ1v) is 7.45. The third kappa shape index (κ3) is 3.71. The molecular weight excluding hydrogens is 294 g/mol. The number of carbonyl (C=O) groups excluding carboxylic acids is 1. The largest absolute Gasteiger partial charge is 0.497 e. The zero-order valence-electron chi connectivity index (χ0n) is 13.1. The lowest BCUT2D eigenvalue weighted by atomic mass is 10.2. The van der Waals surface area contributed by atoms with Crippen molar-refractivity contribution in [2.75, 3.05) is 19.5 Å². The van der Waals surface area contributed by atoms with Crippen LogP contribution < -0.4 is 20.1 Å². The summed E-state index contributed by atoms with van der Waals surface area (Å²) in [6, 6.07) is 9.31. The van der Waals surface area contributed by atoms with Gasteiger partial charge in [-0.25, -0.2) is 0 Å². The Morgan fingerprint density at radius 2 is 2.00 bits per heavy atom. The van der Waals surface area contributed by atoms with Gasteiger partial charge in [-0.1, -0.05) is 0 Å². The van der Waals surface area contributed by atoms with Gasteiger partial charge in [0.15, 0.2) is 0 Å². The molecule has 0 radical (unpaired) electrons. The molecule has 120 valence electrons. The van der Waals surface area contributed by atoms with Gasteiger partial charge >= 0.3 is 0 Å². The maximum Gasteiger partial charge on any atom is 0.270 e. The summed E-state index contributed by atoms with van der Waals surface area (Å²) < 4.78 is 10.6. The highest BCUT2D eigenvalue weighted by Gasteiger charge is 2.24. The number of hydrogen-bond acceptors (Lipinski definition) is 5. The van der Waals surface area contributed by atoms with Gasteiger partial charge in [-0.3, -0.25) is 9.78 Å². The zero-order valence-corrected chi connectivity index (χ0v) is 13.1. The van der Waals surface area contributed by atoms with Crippen molar-refractivity contribution in [3.8, 4) is 11.5 Å². The summed E-state index contributed by atoms with van der Waals surface area (Å²) in [5, 5.41) is 6.17. The van der Waals surface area contributed by atoms with Crippen molar-refractivity contribution < 1.29 is 14.3 Å². The van der Waals surface area contributed by atoms with Gasteiger partial charge in [0.1, 0.15) is 17.2 Å². The first kappa shape index (κ1) is 15.1. The van der Waals surface area contributed by atoms with Gasteiger partial charge in [0, 0.05) is 24.0 Å². The topological polar surface area (TPSA) is 72.5 Å². The standard InChI is InChI=1S/C17H19N3O3/c1-22-13-5-6-16(23-2)14(10-13)19-12-7-8-18-15(9-12)17(21)20-11-3-4-11/h5-11H,3-4H2,1-2H3,(H,18,19)(H,20,21). The molecule has 1 saturated carbocycles. The highest BCUT2D eigenvalue weighted by Crippen LogP contribution is 2.31. The van der Waals surface area contributed by atoms with E-state index in [-0.39, 0.29) is 5.91 Å². The van der Waals surface area contributed by atoms with E-state index < -0.39 is 0 Å². The van der Waals surface area contributed by atoms with Gasteiger partial charge in [-0.2, -0.15) is 0 Å². The molecule has 1 aliphatic rings. The lowest BCUT2D eigenvalue weighted by molar-refractivity contribution is 0.0946. The molecule has 1 aromatic carbocycles. The lowest BCUT2D eigenvalue weighted by Crippen LogP contribution is -2.26. The SMILES string of the molecule is COc1ccc(OC)c(Nc2ccnc(C(=O)NC3CC3)c2)c1. The molecule has 1 aromatic heterocycles. The van der Waals surface area contributed by atoms with Crippen LogP contribution in [0, 0.1) is 0 Å². The highest BCUT2D eigenvalue weighted by atomic mass is 16.5. The quantitative estimate of drug-likeness (QED) is 0.858. The molecule has 1 amide bonds. The minimum Gasteiger partial charge on any atom is -0.497 e. The predicted octanol–water partition coefficient (Wildman–Crippen LogP) is 2.73. The second kappa shape index (κ2) is 6.56. The van der Waals surface area contributed by atoms with E-state index in [2.05, 4.69) is 15.6 Å². The van der Waals surface area contributed by atoms with Crippen LogP contribution in [0.5, 0.6) is 11.5 Å². The molecule has 3 rings (SSSR count). The average Bonchev–Trinajstić information content (AvgIpc) is 3.39. The smallest absolute Gasteiger partial charge is 0.270 e. The molecule has 0 aliphatic heterocycles. The summed E-state index contributed by atoms with van der Waals surface area (Å²) >= 11 is 0. The monoisotopic (exact) mass is 313 g/mol. The first-order valence-electron chi connectivity index (χ1n) is 7.45. The molecule has 6 heteroatoms. The van der Waals surface area contributed by atoms with Crippen LogP contribution in [0.3, 0.4) is 0 Å². The van der Waals surface area contributed by atoms with Gasteiger partial charge < -0.3 is 20.1 Å². The van der Waals surface area contributed by atoms with Crippen molar-refractivity contribution in [2.24, 2.45) is 0 Å². The van der Waals surface area contributed by atoms with Crippen LogP contribution in [0.4, 0.5) is 11.4 Å². The number of nitrogens with zero attached hydrogens (tertiary/aromatic N) is 1. The van der Waals surface area contributed by atoms with Crippen molar-refractivity contribution in [3.63, 3.8) is 0 Å². The van der Waals surface area contributed by atoms with Gasteiger partial charge in [0.2, 0.25) is 0 Å². The van der Waals surface area contributed by atoms with Crippen LogP contribution in [0.1, 0.15) is 23.3 Å². The molecule has 2 aromatic rings. The third-order valence-electron chi connectivity index (χ3n) is 3.59. The van der Waals surface area contributed by atoms with Crippen LogP contribution in [0.25, 0.3) is 0 Å². The number of anilines is 2. The molecule has 1 aliphatic carbocycles. The second-order valence-electron chi connectivity index (χ2n) is 5.37. The van der Waals surface area contributed by atoms with E-state index in [0.717, 1.165) is 24.2 Å². The molecule has 1 fully saturated rings. The summed E-state index contributed by atoms with van der Waals surface area (Å²) in [6.45, 7) is 0. The number of nitrogens with one attached hydrogen (secondary N) is 2. The number of hydrogen-bond donors (Lipinski definition) is 2. The Labute approximate surface area is 134 Å². The minimum absolute atomic E-state index is 0.145. The van der Waals surface area contributed by atoms with Gasteiger partial charge in [-0.05, 0) is 37.1 Å². The van der Waals surface area contributed by atoms with Gasteiger partial charge in [0.05, 0.1) is 19.9 Å². The average molecular weight is 313 g/mol. The Kier molecular flexibility index (Phi) is 4.32. The molecular formula is C17H19N3O3. The van der Waals surface area contributed by atoms with Crippen molar-refractivity contribution in [1.29, 1.82) is 0 Å². The number of pyridine rings is 1. The van der Waals surface area contributed by atoms with E-state index in [9.17, 15) is 4.79 Å². The van der Waals surface area contributed by atoms with Crippen molar-refractivity contribution in [2.45, 2.75) is 18.9 Å². The minimum atomic E-state index is -0.145. The number of benzene rings is 1. The maximum atomic E-state index is 12.1. The first-order chi connectivity index (χ1) is 11.2. The summed E-state index contributed by atoms with van der Waals surface area (Å²) in [5.74, 6) is 1.26. The Balaban J connectivity index is 1.80. The van der Waals surface area contributed by atoms with Crippen molar-refractivity contribution in [1.82, 2.24) is 10.3 Å². The molecule has 23 heavy (non-hydrogen) atoms. The Bertz CT molecular complexity index is 714. The molecule has 0 saturated heterocycles. The van der Waals surface area contributed by atoms with Gasteiger partial charge in [-0.15, -0.1) is 0 Å². The number of rotatable bonds is 6. The molecule has 0 atom stereocenters. The van der Waals surface area contributed by atoms with Crippen LogP contribution in [-0.2, 0) is 0 Å². The van der Waals surface area contributed by atoms with E-state index >= 15 is 0 Å². The number of amides is 1. The van der Waals surface area contributed by atoms with Crippen LogP contribution in [-0.4, -0.2) is 31.2 Å². The number of methoxy groups -OCH3 is 2. The normalized spacial score (nSPS) is 13.3. The maximum absolute atomic E-state index is 12.1. The molecule has 1 heterocycles. The summed E-state index contributed by atoms with van der Waals surface area (Å²) in [4.78, 5) is 16.2. The second-order valence-corrected chi connectivity index (χ2v) is 5.37. The van der Waals surface area contributed by atoms with Crippen molar-refractivity contribution in [3.05, 3.63) is 42.2 Å².